The van der Waals surface area contributed by atoms with Crippen molar-refractivity contribution in [3.63, 3.8) is 0 Å². The first kappa shape index (κ1) is 30.8. The molecule has 0 bridgehead atoms. The van der Waals surface area contributed by atoms with E-state index in [1.165, 1.54) is 137 Å². The van der Waals surface area contributed by atoms with Crippen LogP contribution in [0.15, 0.2) is 48.5 Å². The molecule has 5 aromatic heterocycles. The van der Waals surface area contributed by atoms with Crippen molar-refractivity contribution in [3.05, 3.63) is 69.4 Å². The van der Waals surface area contributed by atoms with Crippen LogP contribution < -0.4 is 0 Å². The minimum Gasteiger partial charge on any atom is -0.172 e. The van der Waals surface area contributed by atoms with Gasteiger partial charge in [-0.15, -0.1) is 45.3 Å². The second-order valence-electron chi connectivity index (χ2n) is 11.5. The van der Waals surface area contributed by atoms with E-state index < -0.39 is 0 Å². The smallest absolute Gasteiger partial charge is 0.114 e. The van der Waals surface area contributed by atoms with E-state index in [1.54, 1.807) is 0 Å². The molecule has 224 valence electrons. The lowest BCUT2D eigenvalue weighted by Crippen LogP contribution is -1.85. The lowest BCUT2D eigenvalue weighted by molar-refractivity contribution is 0.668. The molecular formula is C36H40N2S5. The zero-order valence-electron chi connectivity index (χ0n) is 25.6. The van der Waals surface area contributed by atoms with Crippen molar-refractivity contribution in [2.75, 3.05) is 0 Å². The molecule has 0 spiro atoms. The van der Waals surface area contributed by atoms with Gasteiger partial charge in [-0.2, -0.15) is 8.75 Å². The number of unbranched alkanes of at least 4 members (excludes halogenated alkanes) is 6. The molecule has 43 heavy (non-hydrogen) atoms. The average molecular weight is 661 g/mol. The van der Waals surface area contributed by atoms with Crippen LogP contribution in [0.5, 0.6) is 0 Å². The minimum atomic E-state index is 1.02. The highest BCUT2D eigenvalue weighted by Gasteiger charge is 2.19. The lowest BCUT2D eigenvalue weighted by Gasteiger charge is -2.04. The van der Waals surface area contributed by atoms with E-state index in [0.29, 0.717) is 0 Å². The quantitative estimate of drug-likeness (QED) is 0.109. The number of rotatable bonds is 14. The molecule has 1 aromatic carbocycles. The van der Waals surface area contributed by atoms with Gasteiger partial charge in [-0.05, 0) is 87.1 Å². The van der Waals surface area contributed by atoms with Crippen LogP contribution in [0.25, 0.3) is 51.4 Å². The summed E-state index contributed by atoms with van der Waals surface area (Å²) in [4.78, 5) is 11.0. The Morgan fingerprint density at radius 3 is 1.40 bits per heavy atom. The Kier molecular flexibility index (Phi) is 10.3. The maximum absolute atomic E-state index is 4.82. The van der Waals surface area contributed by atoms with Gasteiger partial charge in [0.1, 0.15) is 11.0 Å². The van der Waals surface area contributed by atoms with Gasteiger partial charge in [-0.3, -0.25) is 0 Å². The lowest BCUT2D eigenvalue weighted by atomic mass is 10.1. The van der Waals surface area contributed by atoms with Gasteiger partial charge in [0.2, 0.25) is 0 Å². The highest BCUT2D eigenvalue weighted by molar-refractivity contribution is 7.24. The number of aromatic nitrogens is 2. The summed E-state index contributed by atoms with van der Waals surface area (Å²) >= 11 is 9.00. The fraction of sp³-hybridized carbons (Fsp3) is 0.389. The molecular weight excluding hydrogens is 621 g/mol. The van der Waals surface area contributed by atoms with Crippen molar-refractivity contribution >= 4 is 68.1 Å². The summed E-state index contributed by atoms with van der Waals surface area (Å²) in [6.45, 7) is 9.05. The van der Waals surface area contributed by atoms with Gasteiger partial charge in [-0.1, -0.05) is 64.5 Å². The molecule has 0 aliphatic heterocycles. The number of hydrogen-bond donors (Lipinski definition) is 0. The summed E-state index contributed by atoms with van der Waals surface area (Å²) in [7, 11) is 0. The minimum absolute atomic E-state index is 1.02. The normalized spacial score (nSPS) is 11.7. The van der Waals surface area contributed by atoms with Crippen LogP contribution in [0.2, 0.25) is 0 Å². The van der Waals surface area contributed by atoms with Crippen LogP contribution in [0, 0.1) is 13.8 Å². The van der Waals surface area contributed by atoms with Gasteiger partial charge >= 0.3 is 0 Å². The van der Waals surface area contributed by atoms with E-state index in [9.17, 15) is 0 Å². The van der Waals surface area contributed by atoms with E-state index >= 15 is 0 Å². The Morgan fingerprint density at radius 2 is 0.953 bits per heavy atom. The molecule has 0 radical (unpaired) electrons. The summed E-state index contributed by atoms with van der Waals surface area (Å²) in [5.41, 5.74) is 7.47. The molecule has 0 saturated carbocycles. The molecule has 6 rings (SSSR count). The highest BCUT2D eigenvalue weighted by atomic mass is 32.1. The van der Waals surface area contributed by atoms with Crippen LogP contribution in [-0.4, -0.2) is 8.75 Å². The second kappa shape index (κ2) is 14.3. The zero-order valence-corrected chi connectivity index (χ0v) is 29.7. The molecule has 0 aliphatic rings. The number of benzene rings is 1. The van der Waals surface area contributed by atoms with Gasteiger partial charge in [0.15, 0.2) is 0 Å². The number of fused-ring (bicyclic) bond motifs is 1. The van der Waals surface area contributed by atoms with E-state index in [-0.39, 0.29) is 0 Å². The van der Waals surface area contributed by atoms with Crippen LogP contribution >= 0.6 is 57.1 Å². The van der Waals surface area contributed by atoms with Gasteiger partial charge in [0.25, 0.3) is 0 Å². The summed E-state index contributed by atoms with van der Waals surface area (Å²) < 4.78 is 9.64. The third kappa shape index (κ3) is 6.91. The molecule has 0 amide bonds. The van der Waals surface area contributed by atoms with E-state index in [0.717, 1.165) is 11.0 Å². The Balaban J connectivity index is 1.26. The molecule has 7 heteroatoms. The Morgan fingerprint density at radius 1 is 0.512 bits per heavy atom. The molecule has 0 aliphatic carbocycles. The fourth-order valence-electron chi connectivity index (χ4n) is 5.88. The van der Waals surface area contributed by atoms with Crippen LogP contribution in [0.3, 0.4) is 0 Å². The standard InChI is InChI=1S/C36H40N2S5/c1-5-7-9-11-13-25-21-23(3)39-35(25)31-19-17-29(41-31)27-15-16-28(34-33(27)37-43-38-34)30-18-20-32(42-30)36-26(22-24(4)40-36)14-12-10-8-6-2/h15-22H,5-14H2,1-4H3. The summed E-state index contributed by atoms with van der Waals surface area (Å²) in [6.07, 6.45) is 12.8. The van der Waals surface area contributed by atoms with Gasteiger partial charge in [-0.25, -0.2) is 0 Å². The Hall–Kier alpha value is -2.16. The first-order valence-electron chi connectivity index (χ1n) is 15.7. The predicted octanol–water partition coefficient (Wildman–Crippen LogP) is 13.5. The van der Waals surface area contributed by atoms with E-state index in [1.807, 2.05) is 45.3 Å². The fourth-order valence-corrected chi connectivity index (χ4v) is 10.9. The van der Waals surface area contributed by atoms with Gasteiger partial charge in [0.05, 0.1) is 11.7 Å². The van der Waals surface area contributed by atoms with Gasteiger partial charge in [0, 0.05) is 50.1 Å². The van der Waals surface area contributed by atoms with Gasteiger partial charge < -0.3 is 0 Å². The topological polar surface area (TPSA) is 25.8 Å². The second-order valence-corrected chi connectivity index (χ2v) is 16.7. The third-order valence-electron chi connectivity index (χ3n) is 8.07. The van der Waals surface area contributed by atoms with Crippen LogP contribution in [-0.2, 0) is 12.8 Å². The molecule has 0 N–H and O–H groups in total. The Labute approximate surface area is 276 Å². The highest BCUT2D eigenvalue weighted by Crippen LogP contribution is 2.45. The van der Waals surface area contributed by atoms with Crippen LogP contribution in [0.1, 0.15) is 86.1 Å². The predicted molar refractivity (Wildman–Crippen MR) is 196 cm³/mol. The maximum atomic E-state index is 4.82. The molecule has 0 unspecified atom stereocenters. The maximum Gasteiger partial charge on any atom is 0.114 e. The Bertz CT molecular complexity index is 1660. The SMILES string of the molecule is CCCCCCc1cc(C)sc1-c1ccc(-c2ccc(-c3ccc(-c4sc(C)cc4CCCCCC)s3)c3nsnc23)s1. The van der Waals surface area contributed by atoms with Crippen molar-refractivity contribution in [2.24, 2.45) is 0 Å². The van der Waals surface area contributed by atoms with Crippen molar-refractivity contribution in [3.8, 4) is 40.4 Å². The van der Waals surface area contributed by atoms with Crippen LogP contribution in [0.4, 0.5) is 0 Å². The summed E-state index contributed by atoms with van der Waals surface area (Å²) in [5.74, 6) is 0. The first-order valence-corrected chi connectivity index (χ1v) is 19.7. The molecule has 0 saturated heterocycles. The number of nitrogens with zero attached hydrogens (tertiary/aromatic N) is 2. The number of thiophene rings is 4. The van der Waals surface area contributed by atoms with Crippen molar-refractivity contribution in [2.45, 2.75) is 91.9 Å². The molecule has 2 nitrogen and oxygen atoms in total. The zero-order chi connectivity index (χ0) is 29.8. The first-order chi connectivity index (χ1) is 21.1. The molecule has 0 atom stereocenters. The molecule has 0 fully saturated rings. The molecule has 5 heterocycles. The number of aryl methyl sites for hydroxylation is 4. The summed E-state index contributed by atoms with van der Waals surface area (Å²) in [5, 5.41) is 0. The molecule has 6 aromatic rings. The van der Waals surface area contributed by atoms with Crippen molar-refractivity contribution in [1.29, 1.82) is 0 Å². The monoisotopic (exact) mass is 660 g/mol. The third-order valence-corrected chi connectivity index (χ3v) is 13.4. The van der Waals surface area contributed by atoms with E-state index in [4.69, 9.17) is 8.75 Å². The largest absolute Gasteiger partial charge is 0.172 e. The van der Waals surface area contributed by atoms with Crippen molar-refractivity contribution < 1.29 is 0 Å². The average Bonchev–Trinajstić information content (AvgIpc) is 3.83. The summed E-state index contributed by atoms with van der Waals surface area (Å²) in [6, 6.07) is 18.6. The van der Waals surface area contributed by atoms with Crippen molar-refractivity contribution in [1.82, 2.24) is 8.75 Å². The number of hydrogen-bond acceptors (Lipinski definition) is 7. The van der Waals surface area contributed by atoms with E-state index in [2.05, 4.69) is 76.2 Å².